The predicted octanol–water partition coefficient (Wildman–Crippen LogP) is 1.91. The van der Waals surface area contributed by atoms with E-state index < -0.39 is 5.97 Å². The lowest BCUT2D eigenvalue weighted by Crippen LogP contribution is -2.27. The molecule has 1 atom stereocenters. The summed E-state index contributed by atoms with van der Waals surface area (Å²) in [6.07, 6.45) is 3.88. The van der Waals surface area contributed by atoms with Crippen molar-refractivity contribution in [1.29, 1.82) is 0 Å². The fourth-order valence-corrected chi connectivity index (χ4v) is 2.03. The molecule has 0 bridgehead atoms. The second-order valence-electron chi connectivity index (χ2n) is 3.89. The molecule has 0 radical (unpaired) electrons. The van der Waals surface area contributed by atoms with Crippen LogP contribution >= 0.6 is 0 Å². The van der Waals surface area contributed by atoms with Crippen LogP contribution in [0.15, 0.2) is 0 Å². The van der Waals surface area contributed by atoms with Gasteiger partial charge in [-0.05, 0) is 38.5 Å². The minimum atomic E-state index is -0.636. The average Bonchev–Trinajstić information content (AvgIpc) is 2.17. The van der Waals surface area contributed by atoms with Crippen LogP contribution in [0.5, 0.6) is 0 Å². The van der Waals surface area contributed by atoms with E-state index in [9.17, 15) is 4.79 Å². The van der Waals surface area contributed by atoms with Crippen molar-refractivity contribution in [3.63, 3.8) is 0 Å². The molecule has 0 saturated heterocycles. The van der Waals surface area contributed by atoms with Crippen LogP contribution in [-0.2, 0) is 9.53 Å². The number of carboxylic acids is 1. The van der Waals surface area contributed by atoms with E-state index in [1.165, 1.54) is 0 Å². The Bertz CT molecular complexity index is 171. The maximum absolute atomic E-state index is 10.7. The summed E-state index contributed by atoms with van der Waals surface area (Å²) in [5, 5.41) is 8.79. The molecule has 0 aromatic rings. The molecule has 1 rings (SSSR count). The molecule has 0 spiro atoms. The summed E-state index contributed by atoms with van der Waals surface area (Å²) in [5.74, 6) is -0.190. The van der Waals surface area contributed by atoms with E-state index in [1.807, 2.05) is 0 Å². The molecule has 0 heterocycles. The van der Waals surface area contributed by atoms with Gasteiger partial charge in [0.2, 0.25) is 0 Å². The van der Waals surface area contributed by atoms with Crippen LogP contribution in [0.1, 0.15) is 32.6 Å². The third-order valence-corrected chi connectivity index (χ3v) is 3.16. The lowest BCUT2D eigenvalue weighted by Gasteiger charge is -2.29. The van der Waals surface area contributed by atoms with Crippen molar-refractivity contribution in [3.05, 3.63) is 0 Å². The molecule has 1 N–H and O–H groups in total. The Balaban J connectivity index is 2.34. The van der Waals surface area contributed by atoms with Crippen molar-refractivity contribution in [1.82, 2.24) is 0 Å². The molecule has 1 fully saturated rings. The molecule has 3 nitrogen and oxygen atoms in total. The van der Waals surface area contributed by atoms with E-state index in [0.717, 1.165) is 25.7 Å². The highest BCUT2D eigenvalue weighted by Crippen LogP contribution is 2.31. The topological polar surface area (TPSA) is 46.5 Å². The van der Waals surface area contributed by atoms with E-state index in [1.54, 1.807) is 7.11 Å². The lowest BCUT2D eigenvalue weighted by molar-refractivity contribution is -0.143. The van der Waals surface area contributed by atoms with Crippen LogP contribution in [0, 0.1) is 11.8 Å². The van der Waals surface area contributed by atoms with Gasteiger partial charge in [-0.1, -0.05) is 0 Å². The summed E-state index contributed by atoms with van der Waals surface area (Å²) in [7, 11) is 1.72. The minimum Gasteiger partial charge on any atom is -0.481 e. The minimum absolute atomic E-state index is 0.111. The van der Waals surface area contributed by atoms with E-state index in [-0.39, 0.29) is 12.0 Å². The van der Waals surface area contributed by atoms with Gasteiger partial charge in [0.15, 0.2) is 0 Å². The first-order chi connectivity index (χ1) is 6.15. The van der Waals surface area contributed by atoms with Gasteiger partial charge in [0.1, 0.15) is 0 Å². The second-order valence-corrected chi connectivity index (χ2v) is 3.89. The molecule has 1 saturated carbocycles. The highest BCUT2D eigenvalue weighted by atomic mass is 16.5. The van der Waals surface area contributed by atoms with Crippen LogP contribution in [0.3, 0.4) is 0 Å². The maximum Gasteiger partial charge on any atom is 0.306 e. The van der Waals surface area contributed by atoms with Gasteiger partial charge in [0, 0.05) is 7.11 Å². The Morgan fingerprint density at radius 2 is 1.92 bits per heavy atom. The van der Waals surface area contributed by atoms with Gasteiger partial charge in [0.25, 0.3) is 0 Å². The first kappa shape index (κ1) is 10.5. The summed E-state index contributed by atoms with van der Waals surface area (Å²) in [4.78, 5) is 10.7. The number of carbonyl (C=O) groups is 1. The fourth-order valence-electron chi connectivity index (χ4n) is 2.03. The molecule has 0 aromatic carbocycles. The third-order valence-electron chi connectivity index (χ3n) is 3.16. The average molecular weight is 186 g/mol. The molecule has 3 heteroatoms. The Morgan fingerprint density at radius 3 is 2.31 bits per heavy atom. The number of methoxy groups -OCH3 is 1. The number of carboxylic acid groups (broad SMARTS) is 1. The van der Waals surface area contributed by atoms with Gasteiger partial charge < -0.3 is 9.84 Å². The van der Waals surface area contributed by atoms with Crippen LogP contribution in [0.25, 0.3) is 0 Å². The highest BCUT2D eigenvalue weighted by molar-refractivity contribution is 5.69. The van der Waals surface area contributed by atoms with Gasteiger partial charge >= 0.3 is 5.97 Å². The molecule has 0 amide bonds. The van der Waals surface area contributed by atoms with Crippen molar-refractivity contribution < 1.29 is 14.6 Å². The number of hydrogen-bond donors (Lipinski definition) is 1. The van der Waals surface area contributed by atoms with Crippen LogP contribution in [-0.4, -0.2) is 24.3 Å². The van der Waals surface area contributed by atoms with Gasteiger partial charge in [-0.3, -0.25) is 4.79 Å². The van der Waals surface area contributed by atoms with Crippen molar-refractivity contribution in [2.24, 2.45) is 11.8 Å². The first-order valence-electron chi connectivity index (χ1n) is 4.90. The molecule has 0 aliphatic heterocycles. The fraction of sp³-hybridized carbons (Fsp3) is 0.900. The van der Waals surface area contributed by atoms with Crippen LogP contribution in [0.4, 0.5) is 0 Å². The van der Waals surface area contributed by atoms with E-state index in [4.69, 9.17) is 9.84 Å². The maximum atomic E-state index is 10.7. The Labute approximate surface area is 79.1 Å². The van der Waals surface area contributed by atoms with Crippen molar-refractivity contribution in [3.8, 4) is 0 Å². The lowest BCUT2D eigenvalue weighted by atomic mass is 9.80. The van der Waals surface area contributed by atoms with Crippen molar-refractivity contribution in [2.45, 2.75) is 38.7 Å². The molecule has 0 aromatic heterocycles. The Hall–Kier alpha value is -0.570. The molecule has 13 heavy (non-hydrogen) atoms. The predicted molar refractivity (Wildman–Crippen MR) is 49.6 cm³/mol. The molecular weight excluding hydrogens is 168 g/mol. The summed E-state index contributed by atoms with van der Waals surface area (Å²) < 4.78 is 5.24. The van der Waals surface area contributed by atoms with Gasteiger partial charge in [0.05, 0.1) is 12.0 Å². The normalized spacial score (nSPS) is 31.2. The second kappa shape index (κ2) is 4.61. The molecule has 0 unspecified atom stereocenters. The van der Waals surface area contributed by atoms with Gasteiger partial charge in [-0.25, -0.2) is 0 Å². The van der Waals surface area contributed by atoms with Gasteiger partial charge in [-0.15, -0.1) is 0 Å². The van der Waals surface area contributed by atoms with E-state index in [0.29, 0.717) is 5.92 Å². The summed E-state index contributed by atoms with van der Waals surface area (Å²) in [6, 6.07) is 0. The van der Waals surface area contributed by atoms with Crippen LogP contribution in [0.2, 0.25) is 0 Å². The largest absolute Gasteiger partial charge is 0.481 e. The molecule has 76 valence electrons. The third kappa shape index (κ3) is 2.69. The molecular formula is C10H18O3. The number of aliphatic carboxylic acids is 1. The van der Waals surface area contributed by atoms with E-state index >= 15 is 0 Å². The van der Waals surface area contributed by atoms with Crippen molar-refractivity contribution in [2.75, 3.05) is 7.11 Å². The summed E-state index contributed by atoms with van der Waals surface area (Å²) in [6.45, 7) is 2.06. The number of rotatable bonds is 3. The zero-order valence-electron chi connectivity index (χ0n) is 8.32. The standard InChI is InChI=1S/C10H18O3/c1-7(13-2)8-3-5-9(6-4-8)10(11)12/h7-9H,3-6H2,1-2H3,(H,11,12)/t7-,8?,9?/m1/s1. The monoisotopic (exact) mass is 186 g/mol. The van der Waals surface area contributed by atoms with E-state index in [2.05, 4.69) is 6.92 Å². The SMILES string of the molecule is CO[C@H](C)C1CCC(C(=O)O)CC1. The number of ether oxygens (including phenoxy) is 1. The zero-order valence-corrected chi connectivity index (χ0v) is 8.32. The molecule has 1 aliphatic carbocycles. The van der Waals surface area contributed by atoms with Crippen LogP contribution < -0.4 is 0 Å². The number of hydrogen-bond acceptors (Lipinski definition) is 2. The molecule has 1 aliphatic rings. The Kier molecular flexibility index (Phi) is 3.72. The zero-order chi connectivity index (χ0) is 9.84. The van der Waals surface area contributed by atoms with Gasteiger partial charge in [-0.2, -0.15) is 0 Å². The van der Waals surface area contributed by atoms with Crippen molar-refractivity contribution >= 4 is 5.97 Å². The first-order valence-corrected chi connectivity index (χ1v) is 4.90. The Morgan fingerprint density at radius 1 is 1.38 bits per heavy atom. The quantitative estimate of drug-likeness (QED) is 0.732. The highest BCUT2D eigenvalue weighted by Gasteiger charge is 2.28. The smallest absolute Gasteiger partial charge is 0.306 e. The summed E-state index contributed by atoms with van der Waals surface area (Å²) in [5.41, 5.74) is 0. The summed E-state index contributed by atoms with van der Waals surface area (Å²) >= 11 is 0.